The second kappa shape index (κ2) is 5.44. The number of rotatable bonds is 4. The quantitative estimate of drug-likeness (QED) is 0.876. The average molecular weight is 323 g/mol. The van der Waals surface area contributed by atoms with Crippen LogP contribution < -0.4 is 0 Å². The van der Waals surface area contributed by atoms with E-state index in [2.05, 4.69) is 10.1 Å². The monoisotopic (exact) mass is 323 g/mol. The summed E-state index contributed by atoms with van der Waals surface area (Å²) in [5.74, 6) is -1.47. The van der Waals surface area contributed by atoms with Gasteiger partial charge in [0.05, 0.1) is 5.75 Å². The Balaban J connectivity index is 2.51. The van der Waals surface area contributed by atoms with Crippen LogP contribution in [0, 0.1) is 6.92 Å². The minimum absolute atomic E-state index is 0.0982. The van der Waals surface area contributed by atoms with E-state index < -0.39 is 17.8 Å². The van der Waals surface area contributed by atoms with Crippen molar-refractivity contribution in [2.45, 2.75) is 18.1 Å². The fourth-order valence-corrected chi connectivity index (χ4v) is 2.98. The molecular weight excluding hydrogens is 315 g/mol. The molecular formula is C10H8F3N3O2S2. The summed E-state index contributed by atoms with van der Waals surface area (Å²) >= 11 is 1.90. The lowest BCUT2D eigenvalue weighted by atomic mass is 10.3. The van der Waals surface area contributed by atoms with E-state index in [9.17, 15) is 18.0 Å². The standard InChI is InChI=1S/C10H8F3N3O2S2/c1-5-7(10(11,12)13)15-16(9-14-2-3-19-9)8(5)20-4-6(17)18/h2-3H,4H2,1H3,(H,17,18). The molecule has 2 aromatic heterocycles. The number of carboxylic acids is 1. The summed E-state index contributed by atoms with van der Waals surface area (Å²) in [5, 5.41) is 14.2. The number of thioether (sulfide) groups is 1. The van der Waals surface area contributed by atoms with Crippen molar-refractivity contribution in [3.05, 3.63) is 22.8 Å². The zero-order valence-electron chi connectivity index (χ0n) is 10.0. The first-order valence-electron chi connectivity index (χ1n) is 5.22. The molecule has 2 heterocycles. The van der Waals surface area contributed by atoms with E-state index in [0.717, 1.165) is 27.8 Å². The molecule has 1 N–H and O–H groups in total. The maximum Gasteiger partial charge on any atom is 0.435 e. The van der Waals surface area contributed by atoms with Crippen molar-refractivity contribution >= 4 is 29.1 Å². The second-order valence-electron chi connectivity index (χ2n) is 3.69. The van der Waals surface area contributed by atoms with Gasteiger partial charge in [-0.15, -0.1) is 11.3 Å². The SMILES string of the molecule is Cc1c(C(F)(F)F)nn(-c2nccs2)c1SCC(=O)O. The molecule has 0 bridgehead atoms. The molecule has 0 saturated carbocycles. The summed E-state index contributed by atoms with van der Waals surface area (Å²) in [6.07, 6.45) is -3.15. The van der Waals surface area contributed by atoms with Gasteiger partial charge in [0.15, 0.2) is 5.69 Å². The minimum Gasteiger partial charge on any atom is -0.481 e. The first kappa shape index (κ1) is 14.9. The van der Waals surface area contributed by atoms with Gasteiger partial charge in [-0.05, 0) is 6.92 Å². The minimum atomic E-state index is -4.59. The Hall–Kier alpha value is -1.55. The number of hydrogen-bond acceptors (Lipinski definition) is 5. The second-order valence-corrected chi connectivity index (χ2v) is 5.52. The maximum atomic E-state index is 12.9. The van der Waals surface area contributed by atoms with Crippen LogP contribution in [0.2, 0.25) is 0 Å². The lowest BCUT2D eigenvalue weighted by Crippen LogP contribution is -2.08. The fraction of sp³-hybridized carbons (Fsp3) is 0.300. The number of aliphatic carboxylic acids is 1. The van der Waals surface area contributed by atoms with Gasteiger partial charge >= 0.3 is 12.1 Å². The predicted octanol–water partition coefficient (Wildman–Crippen LogP) is 2.83. The van der Waals surface area contributed by atoms with E-state index in [4.69, 9.17) is 5.11 Å². The number of halogens is 3. The van der Waals surface area contributed by atoms with Crippen molar-refractivity contribution in [3.8, 4) is 5.13 Å². The van der Waals surface area contributed by atoms with E-state index >= 15 is 0 Å². The molecule has 20 heavy (non-hydrogen) atoms. The van der Waals surface area contributed by atoms with Crippen molar-refractivity contribution in [1.82, 2.24) is 14.8 Å². The van der Waals surface area contributed by atoms with E-state index in [1.165, 1.54) is 13.1 Å². The van der Waals surface area contributed by atoms with E-state index in [1.54, 1.807) is 5.38 Å². The van der Waals surface area contributed by atoms with Crippen LogP contribution in [-0.4, -0.2) is 31.6 Å². The molecule has 2 rings (SSSR count). The number of carbonyl (C=O) groups is 1. The summed E-state index contributed by atoms with van der Waals surface area (Å²) in [6, 6.07) is 0. The van der Waals surface area contributed by atoms with Gasteiger partial charge in [0.2, 0.25) is 5.13 Å². The number of alkyl halides is 3. The molecule has 2 aromatic rings. The van der Waals surface area contributed by atoms with Gasteiger partial charge in [0.1, 0.15) is 5.03 Å². The maximum absolute atomic E-state index is 12.9. The summed E-state index contributed by atoms with van der Waals surface area (Å²) in [4.78, 5) is 14.5. The Morgan fingerprint density at radius 1 is 1.55 bits per heavy atom. The number of thiazole rings is 1. The highest BCUT2D eigenvalue weighted by Gasteiger charge is 2.38. The number of aromatic nitrogens is 3. The van der Waals surface area contributed by atoms with Crippen LogP contribution >= 0.6 is 23.1 Å². The molecule has 5 nitrogen and oxygen atoms in total. The Bertz CT molecular complexity index is 622. The molecule has 0 fully saturated rings. The van der Waals surface area contributed by atoms with Crippen molar-refractivity contribution < 1.29 is 23.1 Å². The number of hydrogen-bond donors (Lipinski definition) is 1. The molecule has 0 spiro atoms. The zero-order valence-corrected chi connectivity index (χ0v) is 11.6. The van der Waals surface area contributed by atoms with Crippen LogP contribution in [0.3, 0.4) is 0 Å². The van der Waals surface area contributed by atoms with Crippen LogP contribution in [0.25, 0.3) is 5.13 Å². The lowest BCUT2D eigenvalue weighted by Gasteiger charge is -2.03. The first-order valence-corrected chi connectivity index (χ1v) is 7.08. The third-order valence-electron chi connectivity index (χ3n) is 2.27. The van der Waals surface area contributed by atoms with Gasteiger partial charge in [-0.2, -0.15) is 23.0 Å². The molecule has 108 valence electrons. The van der Waals surface area contributed by atoms with E-state index in [-0.39, 0.29) is 21.5 Å². The normalized spacial score (nSPS) is 11.8. The molecule has 0 radical (unpaired) electrons. The van der Waals surface area contributed by atoms with Gasteiger partial charge in [0.25, 0.3) is 0 Å². The van der Waals surface area contributed by atoms with Crippen molar-refractivity contribution in [1.29, 1.82) is 0 Å². The largest absolute Gasteiger partial charge is 0.481 e. The van der Waals surface area contributed by atoms with Crippen LogP contribution in [-0.2, 0) is 11.0 Å². The highest BCUT2D eigenvalue weighted by molar-refractivity contribution is 7.99. The molecule has 0 aliphatic carbocycles. The predicted molar refractivity (Wildman–Crippen MR) is 67.3 cm³/mol. The Morgan fingerprint density at radius 3 is 2.75 bits per heavy atom. The first-order chi connectivity index (χ1) is 9.30. The van der Waals surface area contributed by atoms with Gasteiger partial charge in [-0.3, -0.25) is 4.79 Å². The zero-order chi connectivity index (χ0) is 14.9. The molecule has 0 amide bonds. The van der Waals surface area contributed by atoms with Gasteiger partial charge in [-0.25, -0.2) is 4.98 Å². The highest BCUT2D eigenvalue weighted by Crippen LogP contribution is 2.36. The fourth-order valence-electron chi connectivity index (χ4n) is 1.50. The topological polar surface area (TPSA) is 68.0 Å². The average Bonchev–Trinajstić information content (AvgIpc) is 2.92. The Labute approximate surface area is 119 Å². The third-order valence-corrected chi connectivity index (χ3v) is 4.16. The van der Waals surface area contributed by atoms with Gasteiger partial charge in [0, 0.05) is 17.1 Å². The summed E-state index contributed by atoms with van der Waals surface area (Å²) < 4.78 is 39.6. The van der Waals surface area contributed by atoms with Crippen LogP contribution in [0.5, 0.6) is 0 Å². The molecule has 10 heteroatoms. The molecule has 0 atom stereocenters. The summed E-state index contributed by atoms with van der Waals surface area (Å²) in [5.41, 5.74) is -1.13. The highest BCUT2D eigenvalue weighted by atomic mass is 32.2. The van der Waals surface area contributed by atoms with Gasteiger partial charge in [-0.1, -0.05) is 11.8 Å². The lowest BCUT2D eigenvalue weighted by molar-refractivity contribution is -0.141. The van der Waals surface area contributed by atoms with Crippen LogP contribution in [0.15, 0.2) is 16.6 Å². The molecule has 0 unspecified atom stereocenters. The third kappa shape index (κ3) is 2.96. The van der Waals surface area contributed by atoms with Crippen molar-refractivity contribution in [2.24, 2.45) is 0 Å². The van der Waals surface area contributed by atoms with Crippen molar-refractivity contribution in [2.75, 3.05) is 5.75 Å². The van der Waals surface area contributed by atoms with Crippen LogP contribution in [0.4, 0.5) is 13.2 Å². The van der Waals surface area contributed by atoms with E-state index in [0.29, 0.717) is 0 Å². The van der Waals surface area contributed by atoms with Crippen molar-refractivity contribution in [3.63, 3.8) is 0 Å². The van der Waals surface area contributed by atoms with Crippen LogP contribution in [0.1, 0.15) is 11.3 Å². The molecule has 0 saturated heterocycles. The summed E-state index contributed by atoms with van der Waals surface area (Å²) in [6.45, 7) is 1.27. The molecule has 0 aliphatic rings. The van der Waals surface area contributed by atoms with Gasteiger partial charge < -0.3 is 5.11 Å². The summed E-state index contributed by atoms with van der Waals surface area (Å²) in [7, 11) is 0. The molecule has 0 aliphatic heterocycles. The number of carboxylic acid groups (broad SMARTS) is 1. The number of nitrogens with zero attached hydrogens (tertiary/aromatic N) is 3. The Kier molecular flexibility index (Phi) is 4.04. The smallest absolute Gasteiger partial charge is 0.435 e. The Morgan fingerprint density at radius 2 is 2.25 bits per heavy atom. The molecule has 0 aromatic carbocycles. The van der Waals surface area contributed by atoms with E-state index in [1.807, 2.05) is 0 Å².